The van der Waals surface area contributed by atoms with Crippen molar-refractivity contribution < 1.29 is 8.42 Å². The summed E-state index contributed by atoms with van der Waals surface area (Å²) in [7, 11) is -1.54. The van der Waals surface area contributed by atoms with Crippen molar-refractivity contribution in [3.63, 3.8) is 0 Å². The Morgan fingerprint density at radius 1 is 1.22 bits per heavy atom. The van der Waals surface area contributed by atoms with E-state index in [9.17, 15) is 8.42 Å². The summed E-state index contributed by atoms with van der Waals surface area (Å²) in [6, 6.07) is 4.83. The molecule has 0 aliphatic carbocycles. The van der Waals surface area contributed by atoms with Crippen LogP contribution in [0.1, 0.15) is 12.8 Å². The van der Waals surface area contributed by atoms with E-state index >= 15 is 0 Å². The van der Waals surface area contributed by atoms with Crippen LogP contribution in [0, 0.1) is 0 Å². The highest BCUT2D eigenvalue weighted by Crippen LogP contribution is 2.30. The first-order valence-corrected chi connectivity index (χ1v) is 7.96. The van der Waals surface area contributed by atoms with E-state index in [1.54, 1.807) is 18.2 Å². The molecular formula is C11H16Cl2N2O2S. The van der Waals surface area contributed by atoms with Gasteiger partial charge in [-0.2, -0.15) is 0 Å². The zero-order valence-corrected chi connectivity index (χ0v) is 12.4. The Kier molecular flexibility index (Phi) is 6.21. The molecule has 0 heterocycles. The molecule has 7 heteroatoms. The van der Waals surface area contributed by atoms with Gasteiger partial charge in [0.1, 0.15) is 0 Å². The summed E-state index contributed by atoms with van der Waals surface area (Å²) in [5.41, 5.74) is 0.317. The van der Waals surface area contributed by atoms with Gasteiger partial charge in [0.15, 0.2) is 0 Å². The number of benzene rings is 1. The minimum atomic E-state index is -3.38. The van der Waals surface area contributed by atoms with E-state index in [0.717, 1.165) is 13.0 Å². The summed E-state index contributed by atoms with van der Waals surface area (Å²) < 4.78 is 26.0. The van der Waals surface area contributed by atoms with Crippen molar-refractivity contribution in [1.29, 1.82) is 0 Å². The molecule has 1 aromatic rings. The third-order valence-electron chi connectivity index (χ3n) is 2.31. The van der Waals surface area contributed by atoms with Gasteiger partial charge in [0.05, 0.1) is 21.5 Å². The Balaban J connectivity index is 2.62. The lowest BCUT2D eigenvalue weighted by atomic mass is 10.3. The molecule has 4 nitrogen and oxygen atoms in total. The third-order valence-corrected chi connectivity index (χ3v) is 4.48. The lowest BCUT2D eigenvalue weighted by molar-refractivity contribution is 0.595. The Bertz CT molecular complexity index is 492. The second-order valence-electron chi connectivity index (χ2n) is 3.83. The summed E-state index contributed by atoms with van der Waals surface area (Å²) in [5.74, 6) is 0.0670. The molecule has 0 spiro atoms. The number of unbranched alkanes of at least 4 members (excludes halogenated alkanes) is 1. The number of hydrogen-bond donors (Lipinski definition) is 2. The molecule has 1 aromatic carbocycles. The van der Waals surface area contributed by atoms with Crippen molar-refractivity contribution in [3.8, 4) is 0 Å². The topological polar surface area (TPSA) is 58.2 Å². The van der Waals surface area contributed by atoms with E-state index in [-0.39, 0.29) is 10.8 Å². The molecule has 0 amide bonds. The van der Waals surface area contributed by atoms with Crippen molar-refractivity contribution >= 4 is 38.9 Å². The van der Waals surface area contributed by atoms with E-state index in [2.05, 4.69) is 10.0 Å². The number of nitrogens with one attached hydrogen (secondary N) is 2. The summed E-state index contributed by atoms with van der Waals surface area (Å²) in [6.07, 6.45) is 1.40. The largest absolute Gasteiger partial charge is 0.320 e. The van der Waals surface area contributed by atoms with E-state index < -0.39 is 10.0 Å². The Hall–Kier alpha value is -0.490. The van der Waals surface area contributed by atoms with Crippen molar-refractivity contribution in [1.82, 2.24) is 5.32 Å². The monoisotopic (exact) mass is 310 g/mol. The van der Waals surface area contributed by atoms with Gasteiger partial charge in [-0.25, -0.2) is 8.42 Å². The maximum atomic E-state index is 11.8. The molecule has 0 saturated heterocycles. The van der Waals surface area contributed by atoms with Gasteiger partial charge in [0.25, 0.3) is 0 Å². The molecule has 1 rings (SSSR count). The van der Waals surface area contributed by atoms with Gasteiger partial charge >= 0.3 is 0 Å². The molecule has 0 atom stereocenters. The zero-order chi connectivity index (χ0) is 13.6. The van der Waals surface area contributed by atoms with Gasteiger partial charge in [-0.3, -0.25) is 4.72 Å². The van der Waals surface area contributed by atoms with Gasteiger partial charge in [0, 0.05) is 0 Å². The van der Waals surface area contributed by atoms with Gasteiger partial charge in [0.2, 0.25) is 10.0 Å². The lowest BCUT2D eigenvalue weighted by Gasteiger charge is -2.10. The van der Waals surface area contributed by atoms with Crippen LogP contribution in [0.25, 0.3) is 0 Å². The van der Waals surface area contributed by atoms with Crippen LogP contribution in [0.15, 0.2) is 18.2 Å². The smallest absolute Gasteiger partial charge is 0.232 e. The molecule has 0 unspecified atom stereocenters. The van der Waals surface area contributed by atoms with Gasteiger partial charge in [-0.1, -0.05) is 29.3 Å². The molecular weight excluding hydrogens is 295 g/mol. The fraction of sp³-hybridized carbons (Fsp3) is 0.455. The molecule has 102 valence electrons. The molecule has 0 aliphatic rings. The predicted octanol–water partition coefficient (Wildman–Crippen LogP) is 2.73. The normalized spacial score (nSPS) is 11.5. The fourth-order valence-corrected chi connectivity index (χ4v) is 2.99. The zero-order valence-electron chi connectivity index (χ0n) is 10.0. The fourth-order valence-electron chi connectivity index (χ4n) is 1.40. The number of rotatable bonds is 7. The minimum absolute atomic E-state index is 0.0670. The Morgan fingerprint density at radius 2 is 1.94 bits per heavy atom. The van der Waals surface area contributed by atoms with E-state index in [4.69, 9.17) is 23.2 Å². The second-order valence-corrected chi connectivity index (χ2v) is 6.46. The van der Waals surface area contributed by atoms with Crippen LogP contribution in [0.2, 0.25) is 10.0 Å². The Morgan fingerprint density at radius 3 is 2.61 bits per heavy atom. The average Bonchev–Trinajstić information content (AvgIpc) is 2.31. The number of hydrogen-bond acceptors (Lipinski definition) is 3. The summed E-state index contributed by atoms with van der Waals surface area (Å²) in [4.78, 5) is 0. The van der Waals surface area contributed by atoms with Crippen LogP contribution < -0.4 is 10.0 Å². The maximum absolute atomic E-state index is 11.8. The first-order valence-electron chi connectivity index (χ1n) is 5.55. The molecule has 0 radical (unpaired) electrons. The van der Waals surface area contributed by atoms with Crippen LogP contribution >= 0.6 is 23.2 Å². The molecule has 18 heavy (non-hydrogen) atoms. The predicted molar refractivity (Wildman–Crippen MR) is 77.0 cm³/mol. The minimum Gasteiger partial charge on any atom is -0.320 e. The number of sulfonamides is 1. The average molecular weight is 311 g/mol. The van der Waals surface area contributed by atoms with Crippen LogP contribution in [-0.2, 0) is 10.0 Å². The summed E-state index contributed by atoms with van der Waals surface area (Å²) in [5, 5.41) is 3.51. The van der Waals surface area contributed by atoms with Crippen molar-refractivity contribution in [3.05, 3.63) is 28.2 Å². The van der Waals surface area contributed by atoms with Gasteiger partial charge in [-0.15, -0.1) is 0 Å². The SMILES string of the molecule is CNCCCCS(=O)(=O)Nc1cccc(Cl)c1Cl. The molecule has 0 fully saturated rings. The molecule has 2 N–H and O–H groups in total. The second kappa shape index (κ2) is 7.19. The van der Waals surface area contributed by atoms with E-state index in [0.29, 0.717) is 17.1 Å². The van der Waals surface area contributed by atoms with Crippen LogP contribution in [-0.4, -0.2) is 27.8 Å². The maximum Gasteiger partial charge on any atom is 0.232 e. The molecule has 0 saturated carbocycles. The van der Waals surface area contributed by atoms with E-state index in [1.807, 2.05) is 7.05 Å². The van der Waals surface area contributed by atoms with E-state index in [1.165, 1.54) is 0 Å². The summed E-state index contributed by atoms with van der Waals surface area (Å²) in [6.45, 7) is 0.799. The van der Waals surface area contributed by atoms with Crippen LogP contribution in [0.3, 0.4) is 0 Å². The molecule has 0 bridgehead atoms. The summed E-state index contributed by atoms with van der Waals surface area (Å²) >= 11 is 11.7. The van der Waals surface area contributed by atoms with Crippen LogP contribution in [0.5, 0.6) is 0 Å². The first-order chi connectivity index (χ1) is 8.46. The van der Waals surface area contributed by atoms with Crippen molar-refractivity contribution in [2.24, 2.45) is 0 Å². The van der Waals surface area contributed by atoms with Crippen molar-refractivity contribution in [2.45, 2.75) is 12.8 Å². The van der Waals surface area contributed by atoms with Crippen molar-refractivity contribution in [2.75, 3.05) is 24.1 Å². The highest BCUT2D eigenvalue weighted by molar-refractivity contribution is 7.92. The third kappa shape index (κ3) is 5.02. The van der Waals surface area contributed by atoms with Crippen LogP contribution in [0.4, 0.5) is 5.69 Å². The molecule has 0 aliphatic heterocycles. The van der Waals surface area contributed by atoms with Gasteiger partial charge in [-0.05, 0) is 38.6 Å². The lowest BCUT2D eigenvalue weighted by Crippen LogP contribution is -2.18. The first kappa shape index (κ1) is 15.6. The number of halogens is 2. The molecule has 0 aromatic heterocycles. The van der Waals surface area contributed by atoms with Gasteiger partial charge < -0.3 is 5.32 Å². The standard InChI is InChI=1S/C11H16Cl2N2O2S/c1-14-7-2-3-8-18(16,17)15-10-6-4-5-9(12)11(10)13/h4-6,14-15H,2-3,7-8H2,1H3. The highest BCUT2D eigenvalue weighted by atomic mass is 35.5. The Labute approximate surface area is 118 Å². The number of anilines is 1. The quantitative estimate of drug-likeness (QED) is 0.761. The highest BCUT2D eigenvalue weighted by Gasteiger charge is 2.13.